The number of benzene rings is 1. The van der Waals surface area contributed by atoms with Crippen LogP contribution in [-0.2, 0) is 10.2 Å². The zero-order valence-corrected chi connectivity index (χ0v) is 14.5. The minimum Gasteiger partial charge on any atom is -0.354 e. The van der Waals surface area contributed by atoms with Gasteiger partial charge in [-0.05, 0) is 23.1 Å². The van der Waals surface area contributed by atoms with Crippen LogP contribution in [0.1, 0.15) is 40.2 Å². The van der Waals surface area contributed by atoms with Crippen LogP contribution in [0.4, 0.5) is 0 Å². The molecule has 0 fully saturated rings. The maximum Gasteiger partial charge on any atom is 0.237 e. The van der Waals surface area contributed by atoms with Crippen LogP contribution < -0.4 is 11.1 Å². The fraction of sp³-hybridized carbons (Fsp3) is 0.562. The highest BCUT2D eigenvalue weighted by Gasteiger charge is 2.29. The molecule has 0 saturated heterocycles. The predicted molar refractivity (Wildman–Crippen MR) is 87.6 cm³/mol. The summed E-state index contributed by atoms with van der Waals surface area (Å²) < 4.78 is 1.05. The maximum atomic E-state index is 12.1. The average Bonchev–Trinajstić information content (AvgIpc) is 2.34. The number of amides is 1. The van der Waals surface area contributed by atoms with Crippen molar-refractivity contribution in [1.82, 2.24) is 5.32 Å². The van der Waals surface area contributed by atoms with Crippen LogP contribution in [0.2, 0.25) is 0 Å². The largest absolute Gasteiger partial charge is 0.354 e. The number of carbonyl (C=O) groups is 1. The van der Waals surface area contributed by atoms with Crippen LogP contribution >= 0.6 is 15.9 Å². The summed E-state index contributed by atoms with van der Waals surface area (Å²) >= 11 is 3.43. The van der Waals surface area contributed by atoms with Crippen LogP contribution in [0.15, 0.2) is 28.7 Å². The minimum absolute atomic E-state index is 0.0947. The molecule has 1 rings (SSSR count). The van der Waals surface area contributed by atoms with Gasteiger partial charge in [0.25, 0.3) is 0 Å². The molecule has 3 N–H and O–H groups in total. The first-order valence-electron chi connectivity index (χ1n) is 6.83. The lowest BCUT2D eigenvalue weighted by atomic mass is 9.83. The summed E-state index contributed by atoms with van der Waals surface area (Å²) in [5.41, 5.74) is 6.79. The van der Waals surface area contributed by atoms with Crippen LogP contribution in [0.5, 0.6) is 0 Å². The highest BCUT2D eigenvalue weighted by Crippen LogP contribution is 2.24. The number of rotatable bonds is 4. The zero-order valence-electron chi connectivity index (χ0n) is 13.0. The third-order valence-corrected chi connectivity index (χ3v) is 4.07. The Bertz CT molecular complexity index is 460. The van der Waals surface area contributed by atoms with E-state index in [-0.39, 0.29) is 16.7 Å². The molecule has 1 amide bonds. The van der Waals surface area contributed by atoms with Crippen molar-refractivity contribution in [3.8, 4) is 0 Å². The van der Waals surface area contributed by atoms with E-state index in [1.165, 1.54) is 5.56 Å². The van der Waals surface area contributed by atoms with E-state index in [4.69, 9.17) is 5.73 Å². The van der Waals surface area contributed by atoms with Gasteiger partial charge in [-0.15, -0.1) is 0 Å². The summed E-state index contributed by atoms with van der Waals surface area (Å²) in [5, 5.41) is 2.97. The Morgan fingerprint density at radius 3 is 2.15 bits per heavy atom. The zero-order chi connectivity index (χ0) is 15.6. The Balaban J connectivity index is 2.68. The molecule has 1 aromatic carbocycles. The molecule has 3 nitrogen and oxygen atoms in total. The Morgan fingerprint density at radius 2 is 1.70 bits per heavy atom. The molecule has 0 aliphatic carbocycles. The SMILES string of the molecule is CC(C)(CNC(=O)[C@@H](N)C(C)(C)C)c1ccc(Br)cc1. The number of halogens is 1. The number of carbonyl (C=O) groups excluding carboxylic acids is 1. The molecule has 0 aliphatic heterocycles. The van der Waals surface area contributed by atoms with Crippen LogP contribution in [-0.4, -0.2) is 18.5 Å². The van der Waals surface area contributed by atoms with Crippen molar-refractivity contribution in [2.75, 3.05) is 6.54 Å². The summed E-state index contributed by atoms with van der Waals surface area (Å²) in [6, 6.07) is 7.67. The van der Waals surface area contributed by atoms with Gasteiger partial charge in [0.15, 0.2) is 0 Å². The van der Waals surface area contributed by atoms with Gasteiger partial charge in [0.2, 0.25) is 5.91 Å². The van der Waals surface area contributed by atoms with Gasteiger partial charge in [0.1, 0.15) is 0 Å². The first kappa shape index (κ1) is 17.2. The molecule has 0 saturated carbocycles. The van der Waals surface area contributed by atoms with E-state index in [2.05, 4.69) is 47.2 Å². The lowest BCUT2D eigenvalue weighted by Gasteiger charge is -2.30. The second-order valence-corrected chi connectivity index (χ2v) is 7.87. The lowest BCUT2D eigenvalue weighted by Crippen LogP contribution is -2.50. The van der Waals surface area contributed by atoms with E-state index in [9.17, 15) is 4.79 Å². The molecule has 0 bridgehead atoms. The molecule has 0 aliphatic rings. The second-order valence-electron chi connectivity index (χ2n) is 6.95. The third kappa shape index (κ3) is 4.60. The smallest absolute Gasteiger partial charge is 0.237 e. The number of hydrogen-bond acceptors (Lipinski definition) is 2. The third-order valence-electron chi connectivity index (χ3n) is 3.55. The van der Waals surface area contributed by atoms with Gasteiger partial charge in [0.05, 0.1) is 6.04 Å². The Morgan fingerprint density at radius 1 is 1.20 bits per heavy atom. The molecule has 0 radical (unpaired) electrons. The first-order chi connectivity index (χ1) is 9.04. The molecule has 0 spiro atoms. The average molecular weight is 341 g/mol. The predicted octanol–water partition coefficient (Wildman–Crippen LogP) is 3.22. The van der Waals surface area contributed by atoms with Gasteiger partial charge in [0, 0.05) is 16.4 Å². The quantitative estimate of drug-likeness (QED) is 0.884. The topological polar surface area (TPSA) is 55.1 Å². The van der Waals surface area contributed by atoms with Crippen LogP contribution in [0.25, 0.3) is 0 Å². The van der Waals surface area contributed by atoms with Gasteiger partial charge in [-0.1, -0.05) is 62.7 Å². The highest BCUT2D eigenvalue weighted by atomic mass is 79.9. The summed E-state index contributed by atoms with van der Waals surface area (Å²) in [6.45, 7) is 10.7. The monoisotopic (exact) mass is 340 g/mol. The second kappa shape index (κ2) is 6.27. The minimum atomic E-state index is -0.497. The Hall–Kier alpha value is -0.870. The first-order valence-corrected chi connectivity index (χ1v) is 7.63. The van der Waals surface area contributed by atoms with E-state index >= 15 is 0 Å². The van der Waals surface area contributed by atoms with Crippen molar-refractivity contribution < 1.29 is 4.79 Å². The molecule has 0 aromatic heterocycles. The van der Waals surface area contributed by atoms with Gasteiger partial charge >= 0.3 is 0 Å². The Labute approximate surface area is 130 Å². The molecule has 0 unspecified atom stereocenters. The summed E-state index contributed by atoms with van der Waals surface area (Å²) in [6.07, 6.45) is 0. The molecule has 4 heteroatoms. The molecular formula is C16H25BrN2O. The van der Waals surface area contributed by atoms with Crippen LogP contribution in [0, 0.1) is 5.41 Å². The van der Waals surface area contributed by atoms with E-state index in [0.29, 0.717) is 6.54 Å². The molecular weight excluding hydrogens is 316 g/mol. The number of hydrogen-bond donors (Lipinski definition) is 2. The van der Waals surface area contributed by atoms with Crippen molar-refractivity contribution in [2.45, 2.75) is 46.1 Å². The van der Waals surface area contributed by atoms with Crippen molar-refractivity contribution >= 4 is 21.8 Å². The maximum absolute atomic E-state index is 12.1. The van der Waals surface area contributed by atoms with Crippen molar-refractivity contribution in [2.24, 2.45) is 11.1 Å². The molecule has 112 valence electrons. The standard InChI is InChI=1S/C16H25BrN2O/c1-15(2,3)13(18)14(20)19-10-16(4,5)11-6-8-12(17)9-7-11/h6-9,13H,10,18H2,1-5H3,(H,19,20)/t13-/m1/s1. The van der Waals surface area contributed by atoms with E-state index in [1.54, 1.807) is 0 Å². The van der Waals surface area contributed by atoms with Crippen LogP contribution in [0.3, 0.4) is 0 Å². The summed E-state index contributed by atoms with van der Waals surface area (Å²) in [7, 11) is 0. The normalized spacial score (nSPS) is 13.9. The van der Waals surface area contributed by atoms with Crippen molar-refractivity contribution in [1.29, 1.82) is 0 Å². The van der Waals surface area contributed by atoms with E-state index in [1.807, 2.05) is 32.9 Å². The molecule has 1 aromatic rings. The van der Waals surface area contributed by atoms with E-state index < -0.39 is 6.04 Å². The summed E-state index contributed by atoms with van der Waals surface area (Å²) in [4.78, 5) is 12.1. The Kier molecular flexibility index (Phi) is 5.39. The van der Waals surface area contributed by atoms with Gasteiger partial charge in [-0.25, -0.2) is 0 Å². The van der Waals surface area contributed by atoms with Gasteiger partial charge in [-0.3, -0.25) is 4.79 Å². The summed E-state index contributed by atoms with van der Waals surface area (Å²) in [5.74, 6) is -0.0947. The van der Waals surface area contributed by atoms with Gasteiger partial charge in [-0.2, -0.15) is 0 Å². The number of nitrogens with two attached hydrogens (primary N) is 1. The fourth-order valence-electron chi connectivity index (χ4n) is 1.81. The fourth-order valence-corrected chi connectivity index (χ4v) is 2.08. The van der Waals surface area contributed by atoms with Crippen molar-refractivity contribution in [3.63, 3.8) is 0 Å². The van der Waals surface area contributed by atoms with Crippen molar-refractivity contribution in [3.05, 3.63) is 34.3 Å². The highest BCUT2D eigenvalue weighted by molar-refractivity contribution is 9.10. The molecule has 20 heavy (non-hydrogen) atoms. The van der Waals surface area contributed by atoms with E-state index in [0.717, 1.165) is 4.47 Å². The molecule has 0 heterocycles. The molecule has 1 atom stereocenters. The lowest BCUT2D eigenvalue weighted by molar-refractivity contribution is -0.124. The number of nitrogens with one attached hydrogen (secondary N) is 1. The van der Waals surface area contributed by atoms with Gasteiger partial charge < -0.3 is 11.1 Å².